The van der Waals surface area contributed by atoms with E-state index < -0.39 is 0 Å². The van der Waals surface area contributed by atoms with E-state index in [9.17, 15) is 0 Å². The maximum absolute atomic E-state index is 8.75. The smallest absolute Gasteiger partial charge is 0.238 e. The van der Waals surface area contributed by atoms with Crippen molar-refractivity contribution >= 4 is 5.95 Å². The van der Waals surface area contributed by atoms with E-state index in [0.717, 1.165) is 22.4 Å². The molecule has 0 bridgehead atoms. The standard InChI is InChI=1S/C14H14N4O/c1-10-6-11(4-5-13(10)19-3)12-7-16-14(17-8-12)18(2)9-15/h4-8H,1-3H3. The number of nitrogens with zero attached hydrogens (tertiary/aromatic N) is 4. The second-order valence-electron chi connectivity index (χ2n) is 4.12. The SMILES string of the molecule is COc1ccc(-c2cnc(N(C)C#N)nc2)cc1C. The molecule has 0 spiro atoms. The third kappa shape index (κ3) is 2.63. The normalized spacial score (nSPS) is 9.79. The molecule has 0 saturated heterocycles. The highest BCUT2D eigenvalue weighted by Crippen LogP contribution is 2.25. The van der Waals surface area contributed by atoms with Gasteiger partial charge in [-0.25, -0.2) is 9.97 Å². The molecule has 1 aromatic heterocycles. The van der Waals surface area contributed by atoms with Gasteiger partial charge in [0.15, 0.2) is 6.19 Å². The molecule has 0 atom stereocenters. The van der Waals surface area contributed by atoms with Crippen LogP contribution in [0.3, 0.4) is 0 Å². The van der Waals surface area contributed by atoms with Crippen molar-refractivity contribution in [3.63, 3.8) is 0 Å². The number of aromatic nitrogens is 2. The van der Waals surface area contributed by atoms with Gasteiger partial charge >= 0.3 is 0 Å². The second-order valence-corrected chi connectivity index (χ2v) is 4.12. The first kappa shape index (κ1) is 12.8. The van der Waals surface area contributed by atoms with Crippen LogP contribution in [-0.2, 0) is 0 Å². The molecular formula is C14H14N4O. The maximum atomic E-state index is 8.75. The molecule has 0 unspecified atom stereocenters. The lowest BCUT2D eigenvalue weighted by atomic mass is 10.1. The minimum Gasteiger partial charge on any atom is -0.496 e. The lowest BCUT2D eigenvalue weighted by molar-refractivity contribution is 0.412. The van der Waals surface area contributed by atoms with Crippen molar-refractivity contribution in [3.05, 3.63) is 36.2 Å². The average molecular weight is 254 g/mol. The van der Waals surface area contributed by atoms with E-state index in [1.54, 1.807) is 26.6 Å². The first-order valence-corrected chi connectivity index (χ1v) is 5.76. The fourth-order valence-corrected chi connectivity index (χ4v) is 1.75. The zero-order valence-corrected chi connectivity index (χ0v) is 11.1. The van der Waals surface area contributed by atoms with Gasteiger partial charge in [-0.15, -0.1) is 0 Å². The molecule has 96 valence electrons. The molecule has 0 N–H and O–H groups in total. The first-order valence-electron chi connectivity index (χ1n) is 5.76. The van der Waals surface area contributed by atoms with E-state index in [4.69, 9.17) is 10.00 Å². The number of hydrogen-bond acceptors (Lipinski definition) is 5. The van der Waals surface area contributed by atoms with Gasteiger partial charge in [0.1, 0.15) is 5.75 Å². The number of anilines is 1. The molecule has 1 heterocycles. The molecule has 0 amide bonds. The molecular weight excluding hydrogens is 240 g/mol. The van der Waals surface area contributed by atoms with Crippen LogP contribution in [0.1, 0.15) is 5.56 Å². The molecule has 0 aliphatic rings. The summed E-state index contributed by atoms with van der Waals surface area (Å²) in [6.45, 7) is 1.99. The molecule has 0 aliphatic heterocycles. The number of nitriles is 1. The number of benzene rings is 1. The van der Waals surface area contributed by atoms with E-state index in [-0.39, 0.29) is 0 Å². The molecule has 0 aliphatic carbocycles. The van der Waals surface area contributed by atoms with Crippen LogP contribution in [0.4, 0.5) is 5.95 Å². The van der Waals surface area contributed by atoms with E-state index in [0.29, 0.717) is 5.95 Å². The van der Waals surface area contributed by atoms with Crippen LogP contribution in [0.25, 0.3) is 11.1 Å². The maximum Gasteiger partial charge on any atom is 0.238 e. The topological polar surface area (TPSA) is 62.0 Å². The zero-order chi connectivity index (χ0) is 13.8. The number of methoxy groups -OCH3 is 1. The fraction of sp³-hybridized carbons (Fsp3) is 0.214. The predicted octanol–water partition coefficient (Wildman–Crippen LogP) is 2.38. The van der Waals surface area contributed by atoms with Crippen molar-refractivity contribution in [2.75, 3.05) is 19.1 Å². The van der Waals surface area contributed by atoms with Gasteiger partial charge in [0, 0.05) is 25.0 Å². The van der Waals surface area contributed by atoms with Crippen molar-refractivity contribution < 1.29 is 4.74 Å². The summed E-state index contributed by atoms with van der Waals surface area (Å²) in [5, 5.41) is 8.75. The summed E-state index contributed by atoms with van der Waals surface area (Å²) in [5.74, 6) is 1.24. The predicted molar refractivity (Wildman–Crippen MR) is 72.8 cm³/mol. The van der Waals surface area contributed by atoms with Crippen LogP contribution in [0.2, 0.25) is 0 Å². The number of ether oxygens (including phenoxy) is 1. The Morgan fingerprint density at radius 1 is 1.21 bits per heavy atom. The van der Waals surface area contributed by atoms with Crippen molar-refractivity contribution in [1.82, 2.24) is 9.97 Å². The molecule has 2 aromatic rings. The van der Waals surface area contributed by atoms with Gasteiger partial charge in [-0.2, -0.15) is 5.26 Å². The number of hydrogen-bond donors (Lipinski definition) is 0. The van der Waals surface area contributed by atoms with Crippen LogP contribution >= 0.6 is 0 Å². The third-order valence-electron chi connectivity index (χ3n) is 2.82. The Morgan fingerprint density at radius 3 is 2.42 bits per heavy atom. The second kappa shape index (κ2) is 5.36. The molecule has 19 heavy (non-hydrogen) atoms. The van der Waals surface area contributed by atoms with Gasteiger partial charge in [0.05, 0.1) is 7.11 Å². The Kier molecular flexibility index (Phi) is 3.62. The first-order chi connectivity index (χ1) is 9.15. The molecule has 0 radical (unpaired) electrons. The molecule has 0 saturated carbocycles. The van der Waals surface area contributed by atoms with Gasteiger partial charge in [-0.05, 0) is 30.2 Å². The summed E-state index contributed by atoms with van der Waals surface area (Å²) in [5.41, 5.74) is 2.98. The summed E-state index contributed by atoms with van der Waals surface area (Å²) in [6, 6.07) is 5.89. The van der Waals surface area contributed by atoms with Crippen molar-refractivity contribution in [3.8, 4) is 23.1 Å². The average Bonchev–Trinajstić information content (AvgIpc) is 2.46. The van der Waals surface area contributed by atoms with Crippen LogP contribution in [0.5, 0.6) is 5.75 Å². The van der Waals surface area contributed by atoms with Crippen molar-refractivity contribution in [2.24, 2.45) is 0 Å². The number of rotatable bonds is 3. The van der Waals surface area contributed by atoms with E-state index in [2.05, 4.69) is 9.97 Å². The van der Waals surface area contributed by atoms with Gasteiger partial charge in [-0.1, -0.05) is 6.07 Å². The van der Waals surface area contributed by atoms with Gasteiger partial charge in [0.2, 0.25) is 5.95 Å². The summed E-state index contributed by atoms with van der Waals surface area (Å²) >= 11 is 0. The fourth-order valence-electron chi connectivity index (χ4n) is 1.75. The Labute approximate surface area is 112 Å². The lowest BCUT2D eigenvalue weighted by Gasteiger charge is -2.09. The van der Waals surface area contributed by atoms with Gasteiger partial charge in [0.25, 0.3) is 0 Å². The van der Waals surface area contributed by atoms with Crippen LogP contribution in [0, 0.1) is 18.4 Å². The van der Waals surface area contributed by atoms with E-state index >= 15 is 0 Å². The summed E-state index contributed by atoms with van der Waals surface area (Å²) in [4.78, 5) is 9.63. The van der Waals surface area contributed by atoms with Crippen LogP contribution in [-0.4, -0.2) is 24.1 Å². The van der Waals surface area contributed by atoms with Crippen molar-refractivity contribution in [1.29, 1.82) is 5.26 Å². The minimum absolute atomic E-state index is 0.386. The molecule has 2 rings (SSSR count). The molecule has 5 nitrogen and oxygen atoms in total. The number of aryl methyl sites for hydroxylation is 1. The van der Waals surface area contributed by atoms with Gasteiger partial charge < -0.3 is 4.74 Å². The van der Waals surface area contributed by atoms with Gasteiger partial charge in [-0.3, -0.25) is 4.90 Å². The highest BCUT2D eigenvalue weighted by atomic mass is 16.5. The zero-order valence-electron chi connectivity index (χ0n) is 11.1. The summed E-state index contributed by atoms with van der Waals surface area (Å²) < 4.78 is 5.23. The van der Waals surface area contributed by atoms with E-state index in [1.165, 1.54) is 4.90 Å². The monoisotopic (exact) mass is 254 g/mol. The Hall–Kier alpha value is -2.61. The Balaban J connectivity index is 2.33. The highest BCUT2D eigenvalue weighted by molar-refractivity contribution is 5.64. The van der Waals surface area contributed by atoms with E-state index in [1.807, 2.05) is 31.3 Å². The molecule has 1 aromatic carbocycles. The minimum atomic E-state index is 0.386. The Bertz CT molecular complexity index is 616. The summed E-state index contributed by atoms with van der Waals surface area (Å²) in [6.07, 6.45) is 5.37. The largest absolute Gasteiger partial charge is 0.496 e. The lowest BCUT2D eigenvalue weighted by Crippen LogP contribution is -2.11. The Morgan fingerprint density at radius 2 is 1.89 bits per heavy atom. The third-order valence-corrected chi connectivity index (χ3v) is 2.82. The van der Waals surface area contributed by atoms with Crippen molar-refractivity contribution in [2.45, 2.75) is 6.92 Å². The molecule has 5 heteroatoms. The van der Waals surface area contributed by atoms with Crippen LogP contribution < -0.4 is 9.64 Å². The quantitative estimate of drug-likeness (QED) is 0.621. The molecule has 0 fully saturated rings. The van der Waals surface area contributed by atoms with Crippen LogP contribution in [0.15, 0.2) is 30.6 Å². The summed E-state index contributed by atoms with van der Waals surface area (Å²) in [7, 11) is 3.27. The highest BCUT2D eigenvalue weighted by Gasteiger charge is 2.06.